The molecule has 2 aromatic heterocycles. The molecule has 1 atom stereocenters. The predicted molar refractivity (Wildman–Crippen MR) is 110 cm³/mol. The molecule has 7 nitrogen and oxygen atoms in total. The first-order chi connectivity index (χ1) is 14.2. The quantitative estimate of drug-likeness (QED) is 0.578. The summed E-state index contributed by atoms with van der Waals surface area (Å²) in [7, 11) is 0. The second-order valence-electron chi connectivity index (χ2n) is 6.82. The largest absolute Gasteiger partial charge is 0.459 e. The Hall–Kier alpha value is -2.68. The van der Waals surface area contributed by atoms with Crippen LogP contribution in [0.15, 0.2) is 48.8 Å². The normalized spacial score (nSPS) is 17.2. The van der Waals surface area contributed by atoms with Crippen LogP contribution in [0.5, 0.6) is 0 Å². The second-order valence-corrected chi connectivity index (χ2v) is 7.82. The topological polar surface area (TPSA) is 77.4 Å². The van der Waals surface area contributed by atoms with E-state index >= 15 is 0 Å². The summed E-state index contributed by atoms with van der Waals surface area (Å²) >= 11 is 1.25. The number of benzene rings is 1. The Labute approximate surface area is 173 Å². The maximum Gasteiger partial charge on any atom is 0.350 e. The molecule has 0 aliphatic carbocycles. The zero-order chi connectivity index (χ0) is 20.1. The number of carbonyl (C=O) groups excluding carboxylic acids is 1. The minimum atomic E-state index is -0.383. The standard InChI is InChI=1S/C21H22N4O3S/c1-15-18(29-20(24-15)19-22-8-5-9-23-19)21(26)28-14-17-13-25(10-11-27-17)12-16-6-3-2-4-7-16/h2-9,17H,10-14H2,1H3. The van der Waals surface area contributed by atoms with Crippen molar-refractivity contribution in [1.29, 1.82) is 0 Å². The molecule has 8 heteroatoms. The van der Waals surface area contributed by atoms with Crippen molar-refractivity contribution < 1.29 is 14.3 Å². The molecular weight excluding hydrogens is 388 g/mol. The number of esters is 1. The van der Waals surface area contributed by atoms with E-state index in [1.165, 1.54) is 16.9 Å². The summed E-state index contributed by atoms with van der Waals surface area (Å²) in [6.07, 6.45) is 3.17. The fourth-order valence-corrected chi connectivity index (χ4v) is 4.10. The average Bonchev–Trinajstić information content (AvgIpc) is 3.15. The molecule has 4 rings (SSSR count). The number of morpholine rings is 1. The summed E-state index contributed by atoms with van der Waals surface area (Å²) in [6, 6.07) is 12.1. The highest BCUT2D eigenvalue weighted by Crippen LogP contribution is 2.26. The highest BCUT2D eigenvalue weighted by atomic mass is 32.1. The van der Waals surface area contributed by atoms with Crippen LogP contribution in [0.3, 0.4) is 0 Å². The summed E-state index contributed by atoms with van der Waals surface area (Å²) in [4.78, 5) is 28.1. The van der Waals surface area contributed by atoms with E-state index < -0.39 is 0 Å². The van der Waals surface area contributed by atoms with Crippen molar-refractivity contribution in [2.24, 2.45) is 0 Å². The number of hydrogen-bond acceptors (Lipinski definition) is 8. The van der Waals surface area contributed by atoms with Gasteiger partial charge >= 0.3 is 5.97 Å². The Balaban J connectivity index is 1.33. The van der Waals surface area contributed by atoms with Crippen molar-refractivity contribution in [1.82, 2.24) is 19.9 Å². The van der Waals surface area contributed by atoms with Crippen LogP contribution in [-0.2, 0) is 16.0 Å². The van der Waals surface area contributed by atoms with Gasteiger partial charge in [0.05, 0.1) is 12.3 Å². The number of aromatic nitrogens is 3. The van der Waals surface area contributed by atoms with Gasteiger partial charge in [-0.1, -0.05) is 30.3 Å². The summed E-state index contributed by atoms with van der Waals surface area (Å²) < 4.78 is 11.3. The minimum absolute atomic E-state index is 0.137. The molecule has 0 amide bonds. The fraction of sp³-hybridized carbons (Fsp3) is 0.333. The van der Waals surface area contributed by atoms with Gasteiger partial charge in [0.1, 0.15) is 17.6 Å². The van der Waals surface area contributed by atoms with Gasteiger partial charge in [-0.05, 0) is 18.6 Å². The van der Waals surface area contributed by atoms with Crippen LogP contribution in [-0.4, -0.2) is 58.2 Å². The molecule has 0 spiro atoms. The van der Waals surface area contributed by atoms with Crippen LogP contribution >= 0.6 is 11.3 Å². The molecule has 1 aliphatic heterocycles. The number of aryl methyl sites for hydroxylation is 1. The molecular formula is C21H22N4O3S. The van der Waals surface area contributed by atoms with Gasteiger partial charge < -0.3 is 9.47 Å². The van der Waals surface area contributed by atoms with Crippen LogP contribution in [0.1, 0.15) is 20.9 Å². The Kier molecular flexibility index (Phi) is 6.24. The lowest BCUT2D eigenvalue weighted by Gasteiger charge is -2.32. The van der Waals surface area contributed by atoms with Gasteiger partial charge in [-0.2, -0.15) is 0 Å². The number of thiazole rings is 1. The lowest BCUT2D eigenvalue weighted by molar-refractivity contribution is -0.0611. The summed E-state index contributed by atoms with van der Waals surface area (Å²) in [5.41, 5.74) is 1.89. The lowest BCUT2D eigenvalue weighted by Crippen LogP contribution is -2.44. The molecule has 0 bridgehead atoms. The molecule has 3 aromatic rings. The van der Waals surface area contributed by atoms with Gasteiger partial charge in [-0.25, -0.2) is 19.7 Å². The SMILES string of the molecule is Cc1nc(-c2ncccn2)sc1C(=O)OCC1CN(Cc2ccccc2)CCO1. The van der Waals surface area contributed by atoms with E-state index in [-0.39, 0.29) is 18.7 Å². The highest BCUT2D eigenvalue weighted by molar-refractivity contribution is 7.16. The maximum absolute atomic E-state index is 12.6. The molecule has 3 heterocycles. The Morgan fingerprint density at radius 3 is 2.83 bits per heavy atom. The third-order valence-electron chi connectivity index (χ3n) is 4.61. The highest BCUT2D eigenvalue weighted by Gasteiger charge is 2.24. The van der Waals surface area contributed by atoms with Gasteiger partial charge in [-0.3, -0.25) is 4.90 Å². The molecule has 1 fully saturated rings. The number of hydrogen-bond donors (Lipinski definition) is 0. The third kappa shape index (κ3) is 5.03. The van der Waals surface area contributed by atoms with Gasteiger partial charge in [0.15, 0.2) is 10.8 Å². The molecule has 0 N–H and O–H groups in total. The molecule has 0 radical (unpaired) electrons. The minimum Gasteiger partial charge on any atom is -0.459 e. The molecule has 150 valence electrons. The first kappa shape index (κ1) is 19.6. The van der Waals surface area contributed by atoms with E-state index in [9.17, 15) is 4.79 Å². The van der Waals surface area contributed by atoms with Crippen LogP contribution in [0.2, 0.25) is 0 Å². The Morgan fingerprint density at radius 1 is 1.24 bits per heavy atom. The van der Waals surface area contributed by atoms with E-state index in [0.29, 0.717) is 28.0 Å². The van der Waals surface area contributed by atoms with Gasteiger partial charge in [0.2, 0.25) is 0 Å². The number of rotatable bonds is 6. The predicted octanol–water partition coefficient (Wildman–Crippen LogP) is 2.97. The van der Waals surface area contributed by atoms with E-state index in [1.807, 2.05) is 18.2 Å². The lowest BCUT2D eigenvalue weighted by atomic mass is 10.2. The van der Waals surface area contributed by atoms with E-state index in [1.54, 1.807) is 25.4 Å². The molecule has 0 saturated carbocycles. The number of nitrogens with zero attached hydrogens (tertiary/aromatic N) is 4. The molecule has 1 aliphatic rings. The van der Waals surface area contributed by atoms with Gasteiger partial charge in [0, 0.05) is 32.0 Å². The van der Waals surface area contributed by atoms with Gasteiger partial charge in [-0.15, -0.1) is 11.3 Å². The van der Waals surface area contributed by atoms with Gasteiger partial charge in [0.25, 0.3) is 0 Å². The summed E-state index contributed by atoms with van der Waals surface area (Å²) in [6.45, 7) is 5.10. The second kappa shape index (κ2) is 9.21. The number of ether oxygens (including phenoxy) is 2. The summed E-state index contributed by atoms with van der Waals surface area (Å²) in [5.74, 6) is 0.123. The fourth-order valence-electron chi connectivity index (χ4n) is 3.19. The van der Waals surface area contributed by atoms with Crippen molar-refractivity contribution >= 4 is 17.3 Å². The number of carbonyl (C=O) groups is 1. The van der Waals surface area contributed by atoms with Crippen molar-refractivity contribution in [2.45, 2.75) is 19.6 Å². The van der Waals surface area contributed by atoms with Crippen LogP contribution in [0.25, 0.3) is 10.8 Å². The van der Waals surface area contributed by atoms with Crippen molar-refractivity contribution in [3.8, 4) is 10.8 Å². The molecule has 29 heavy (non-hydrogen) atoms. The van der Waals surface area contributed by atoms with E-state index in [2.05, 4.69) is 32.0 Å². The van der Waals surface area contributed by atoms with Crippen molar-refractivity contribution in [3.05, 3.63) is 64.9 Å². The van der Waals surface area contributed by atoms with Crippen molar-refractivity contribution in [3.63, 3.8) is 0 Å². The molecule has 1 aromatic carbocycles. The monoisotopic (exact) mass is 410 g/mol. The summed E-state index contributed by atoms with van der Waals surface area (Å²) in [5, 5.41) is 0.609. The average molecular weight is 410 g/mol. The van der Waals surface area contributed by atoms with E-state index in [0.717, 1.165) is 19.6 Å². The van der Waals surface area contributed by atoms with Crippen molar-refractivity contribution in [2.75, 3.05) is 26.3 Å². The first-order valence-corrected chi connectivity index (χ1v) is 10.3. The molecule has 1 unspecified atom stereocenters. The third-order valence-corrected chi connectivity index (χ3v) is 5.74. The van der Waals surface area contributed by atoms with Crippen LogP contribution in [0.4, 0.5) is 0 Å². The molecule has 1 saturated heterocycles. The zero-order valence-corrected chi connectivity index (χ0v) is 17.0. The zero-order valence-electron chi connectivity index (χ0n) is 16.2. The van der Waals surface area contributed by atoms with Crippen LogP contribution in [0, 0.1) is 6.92 Å². The van der Waals surface area contributed by atoms with E-state index in [4.69, 9.17) is 9.47 Å². The Bertz CT molecular complexity index is 949. The smallest absolute Gasteiger partial charge is 0.350 e. The maximum atomic E-state index is 12.6. The van der Waals surface area contributed by atoms with Crippen LogP contribution < -0.4 is 0 Å². The first-order valence-electron chi connectivity index (χ1n) is 9.49. The Morgan fingerprint density at radius 2 is 2.03 bits per heavy atom.